The van der Waals surface area contributed by atoms with Crippen LogP contribution in [0.25, 0.3) is 4.85 Å². The van der Waals surface area contributed by atoms with Crippen LogP contribution in [0.1, 0.15) is 0 Å². The number of hydrogen-bond acceptors (Lipinski definition) is 5. The molecule has 0 saturated carbocycles. The van der Waals surface area contributed by atoms with Crippen LogP contribution in [-0.2, 0) is 19.1 Å². The van der Waals surface area contributed by atoms with Crippen LogP contribution >= 0.6 is 0 Å². The smallest absolute Gasteiger partial charge is 0.349 e. The number of carbonyl (C=O) groups is 2. The highest BCUT2D eigenvalue weighted by atomic mass is 16.5. The number of carbonyl (C=O) groups excluding carboxylic acids is 2. The third-order valence-corrected chi connectivity index (χ3v) is 1.43. The Labute approximate surface area is 104 Å². The maximum absolute atomic E-state index is 10.9. The van der Waals surface area contributed by atoms with Gasteiger partial charge in [0.25, 0.3) is 5.70 Å². The Hall–Kier alpha value is -3.04. The predicted molar refractivity (Wildman–Crippen MR) is 60.2 cm³/mol. The monoisotopic (exact) mass is 244 g/mol. The lowest BCUT2D eigenvalue weighted by atomic mass is 10.3. The normalized spacial score (nSPS) is 7.67. The summed E-state index contributed by atoms with van der Waals surface area (Å²) >= 11 is 0. The van der Waals surface area contributed by atoms with Gasteiger partial charge in [-0.05, 0) is 0 Å². The number of hydrogen-bond donors (Lipinski definition) is 0. The number of esters is 2. The second kappa shape index (κ2) is 8.15. The van der Waals surface area contributed by atoms with Crippen molar-refractivity contribution in [1.29, 1.82) is 5.26 Å². The number of nitriles is 1. The molecule has 0 atom stereocenters. The van der Waals surface area contributed by atoms with Crippen molar-refractivity contribution in [3.05, 3.63) is 35.8 Å². The van der Waals surface area contributed by atoms with Crippen molar-refractivity contribution in [1.82, 2.24) is 0 Å². The van der Waals surface area contributed by atoms with Crippen molar-refractivity contribution in [2.24, 2.45) is 0 Å². The molecule has 0 amide bonds. The lowest BCUT2D eigenvalue weighted by molar-refractivity contribution is -0.138. The average Bonchev–Trinajstić information content (AvgIpc) is 2.39. The van der Waals surface area contributed by atoms with Gasteiger partial charge in [0.1, 0.15) is 11.6 Å². The standard InChI is InChI=1S/C12H8N2O4/c1-9(8-13)11(15)17-6-4-5-7-18-12(16)10(2)14-3/h1-2,6-7H2. The van der Waals surface area contributed by atoms with E-state index in [1.807, 2.05) is 0 Å². The molecule has 6 heteroatoms. The molecule has 0 aliphatic heterocycles. The van der Waals surface area contributed by atoms with E-state index in [9.17, 15) is 9.59 Å². The number of nitrogens with zero attached hydrogens (tertiary/aromatic N) is 2. The van der Waals surface area contributed by atoms with Crippen LogP contribution in [-0.4, -0.2) is 25.2 Å². The highest BCUT2D eigenvalue weighted by molar-refractivity contribution is 5.92. The van der Waals surface area contributed by atoms with Gasteiger partial charge in [-0.3, -0.25) is 4.79 Å². The third-order valence-electron chi connectivity index (χ3n) is 1.43. The lowest BCUT2D eigenvalue weighted by Gasteiger charge is -1.97. The molecule has 0 aliphatic carbocycles. The van der Waals surface area contributed by atoms with Crippen LogP contribution < -0.4 is 0 Å². The Morgan fingerprint density at radius 2 is 1.67 bits per heavy atom. The minimum Gasteiger partial charge on any atom is -0.457 e. The van der Waals surface area contributed by atoms with Gasteiger partial charge in [0.15, 0.2) is 13.2 Å². The quantitative estimate of drug-likeness (QED) is 0.238. The van der Waals surface area contributed by atoms with Gasteiger partial charge in [-0.2, -0.15) is 5.26 Å². The van der Waals surface area contributed by atoms with Crippen molar-refractivity contribution >= 4 is 11.9 Å². The Morgan fingerprint density at radius 1 is 1.17 bits per heavy atom. The summed E-state index contributed by atoms with van der Waals surface area (Å²) < 4.78 is 9.06. The zero-order valence-corrected chi connectivity index (χ0v) is 9.36. The topological polar surface area (TPSA) is 80.8 Å². The Bertz CT molecular complexity index is 477. The highest BCUT2D eigenvalue weighted by Crippen LogP contribution is 1.94. The van der Waals surface area contributed by atoms with E-state index in [1.165, 1.54) is 6.07 Å². The molecule has 0 aromatic heterocycles. The molecule has 0 radical (unpaired) electrons. The maximum atomic E-state index is 10.9. The first-order chi connectivity index (χ1) is 8.52. The second-order valence-electron chi connectivity index (χ2n) is 2.65. The Kier molecular flexibility index (Phi) is 6.77. The molecule has 0 unspecified atom stereocenters. The molecule has 0 aromatic rings. The SMILES string of the molecule is [C-]#[N+]C(=C)C(=O)OCC#CCOC(=O)C(=C)C#N. The molecular weight excluding hydrogens is 236 g/mol. The third kappa shape index (κ3) is 5.75. The fraction of sp³-hybridized carbons (Fsp3) is 0.167. The summed E-state index contributed by atoms with van der Waals surface area (Å²) in [6, 6.07) is 1.53. The van der Waals surface area contributed by atoms with E-state index in [2.05, 4.69) is 39.3 Å². The maximum Gasteiger partial charge on any atom is 0.349 e. The van der Waals surface area contributed by atoms with Crippen LogP contribution in [0.2, 0.25) is 0 Å². The number of ether oxygens (including phenoxy) is 2. The van der Waals surface area contributed by atoms with E-state index in [-0.39, 0.29) is 24.5 Å². The van der Waals surface area contributed by atoms with Gasteiger partial charge in [0.05, 0.1) is 6.57 Å². The van der Waals surface area contributed by atoms with Crippen LogP contribution in [0.5, 0.6) is 0 Å². The van der Waals surface area contributed by atoms with E-state index < -0.39 is 11.9 Å². The van der Waals surface area contributed by atoms with Gasteiger partial charge in [-0.25, -0.2) is 9.64 Å². The first-order valence-electron chi connectivity index (χ1n) is 4.48. The fourth-order valence-electron chi connectivity index (χ4n) is 0.567. The summed E-state index contributed by atoms with van der Waals surface area (Å²) in [5.41, 5.74) is -0.662. The van der Waals surface area contributed by atoms with Gasteiger partial charge >= 0.3 is 11.9 Å². The zero-order valence-electron chi connectivity index (χ0n) is 9.36. The van der Waals surface area contributed by atoms with E-state index in [0.717, 1.165) is 0 Å². The molecular formula is C12H8N2O4. The summed E-state index contributed by atoms with van der Waals surface area (Å²) in [4.78, 5) is 24.6. The van der Waals surface area contributed by atoms with Crippen LogP contribution in [0.3, 0.4) is 0 Å². The van der Waals surface area contributed by atoms with Crippen LogP contribution in [0.4, 0.5) is 0 Å². The van der Waals surface area contributed by atoms with Crippen LogP contribution in [0.15, 0.2) is 24.4 Å². The van der Waals surface area contributed by atoms with E-state index >= 15 is 0 Å². The molecule has 0 spiro atoms. The minimum absolute atomic E-state index is 0.246. The molecule has 0 saturated heterocycles. The summed E-state index contributed by atoms with van der Waals surface area (Å²) in [6.07, 6.45) is 0. The fourth-order valence-corrected chi connectivity index (χ4v) is 0.567. The summed E-state index contributed by atoms with van der Waals surface area (Å²) in [6.45, 7) is 12.3. The molecule has 0 rings (SSSR count). The van der Waals surface area contributed by atoms with Crippen molar-refractivity contribution in [3.63, 3.8) is 0 Å². The van der Waals surface area contributed by atoms with Gasteiger partial charge in [-0.1, -0.05) is 25.0 Å². The molecule has 0 heterocycles. The summed E-state index contributed by atoms with van der Waals surface area (Å²) in [7, 11) is 0. The van der Waals surface area contributed by atoms with Crippen molar-refractivity contribution in [2.75, 3.05) is 13.2 Å². The molecule has 6 nitrogen and oxygen atoms in total. The lowest BCUT2D eigenvalue weighted by Crippen LogP contribution is -2.07. The van der Waals surface area contributed by atoms with E-state index in [0.29, 0.717) is 0 Å². The molecule has 90 valence electrons. The summed E-state index contributed by atoms with van der Waals surface area (Å²) in [5, 5.41) is 8.31. The number of rotatable bonds is 4. The van der Waals surface area contributed by atoms with E-state index in [4.69, 9.17) is 11.8 Å². The average molecular weight is 244 g/mol. The van der Waals surface area contributed by atoms with Gasteiger partial charge in [0.2, 0.25) is 0 Å². The van der Waals surface area contributed by atoms with Crippen molar-refractivity contribution in [2.45, 2.75) is 0 Å². The van der Waals surface area contributed by atoms with Gasteiger partial charge in [-0.15, -0.1) is 0 Å². The minimum atomic E-state index is -0.856. The second-order valence-corrected chi connectivity index (χ2v) is 2.65. The first kappa shape index (κ1) is 15.0. The molecule has 0 aromatic carbocycles. The van der Waals surface area contributed by atoms with Crippen LogP contribution in [0, 0.1) is 29.7 Å². The van der Waals surface area contributed by atoms with Crippen molar-refractivity contribution in [3.8, 4) is 17.9 Å². The highest BCUT2D eigenvalue weighted by Gasteiger charge is 2.06. The van der Waals surface area contributed by atoms with Crippen molar-refractivity contribution < 1.29 is 19.1 Å². The molecule has 0 bridgehead atoms. The first-order valence-corrected chi connectivity index (χ1v) is 4.48. The zero-order chi connectivity index (χ0) is 14.0. The Morgan fingerprint density at radius 3 is 2.11 bits per heavy atom. The van der Waals surface area contributed by atoms with Gasteiger partial charge < -0.3 is 9.47 Å². The molecule has 0 aliphatic rings. The summed E-state index contributed by atoms with van der Waals surface area (Å²) in [5.74, 6) is 3.05. The molecule has 0 N–H and O–H groups in total. The largest absolute Gasteiger partial charge is 0.457 e. The Balaban J connectivity index is 3.90. The van der Waals surface area contributed by atoms with Gasteiger partial charge in [0, 0.05) is 0 Å². The predicted octanol–water partition coefficient (Wildman–Crippen LogP) is 0.589. The molecule has 18 heavy (non-hydrogen) atoms. The van der Waals surface area contributed by atoms with E-state index in [1.54, 1.807) is 0 Å². The molecule has 0 fully saturated rings.